The summed E-state index contributed by atoms with van der Waals surface area (Å²) in [5.41, 5.74) is 0.329. The first-order valence-electron chi connectivity index (χ1n) is 9.44. The summed E-state index contributed by atoms with van der Waals surface area (Å²) in [6, 6.07) is 18.9. The van der Waals surface area contributed by atoms with Crippen LogP contribution in [0.5, 0.6) is 5.75 Å². The van der Waals surface area contributed by atoms with E-state index in [-0.39, 0.29) is 10.6 Å². The Morgan fingerprint density at radius 2 is 1.59 bits per heavy atom. The number of benzene rings is 3. The summed E-state index contributed by atoms with van der Waals surface area (Å²) in [5, 5.41) is 9.57. The second-order valence-electron chi connectivity index (χ2n) is 6.73. The van der Waals surface area contributed by atoms with Crippen LogP contribution in [0.1, 0.15) is 10.5 Å². The van der Waals surface area contributed by atoms with Gasteiger partial charge in [-0.2, -0.15) is 5.10 Å². The Bertz CT molecular complexity index is 1460. The molecule has 1 aromatic heterocycles. The molecule has 162 valence electrons. The smallest absolute Gasteiger partial charge is 0.276 e. The lowest BCUT2D eigenvalue weighted by Gasteiger charge is -2.12. The summed E-state index contributed by atoms with van der Waals surface area (Å²) in [5.74, 6) is -0.152. The Morgan fingerprint density at radius 3 is 2.31 bits per heavy atom. The Balaban J connectivity index is 1.55. The fourth-order valence-electron chi connectivity index (χ4n) is 3.13. The van der Waals surface area contributed by atoms with Crippen molar-refractivity contribution in [3.05, 3.63) is 88.8 Å². The van der Waals surface area contributed by atoms with Gasteiger partial charge in [0.1, 0.15) is 5.75 Å². The summed E-state index contributed by atoms with van der Waals surface area (Å²) >= 11 is 0. The van der Waals surface area contributed by atoms with E-state index >= 15 is 0 Å². The van der Waals surface area contributed by atoms with Crippen LogP contribution in [0.2, 0.25) is 0 Å². The van der Waals surface area contributed by atoms with E-state index in [0.717, 1.165) is 0 Å². The van der Waals surface area contributed by atoms with Crippen LogP contribution >= 0.6 is 0 Å². The second kappa shape index (κ2) is 8.52. The Morgan fingerprint density at radius 1 is 0.938 bits per heavy atom. The maximum absolute atomic E-state index is 12.7. The van der Waals surface area contributed by atoms with Gasteiger partial charge in [0.25, 0.3) is 21.5 Å². The van der Waals surface area contributed by atoms with Gasteiger partial charge in [0.15, 0.2) is 5.69 Å². The van der Waals surface area contributed by atoms with Gasteiger partial charge in [-0.15, -0.1) is 0 Å². The average Bonchev–Trinajstić information content (AvgIpc) is 2.80. The number of nitrogens with zero attached hydrogens (tertiary/aromatic N) is 1. The third-order valence-corrected chi connectivity index (χ3v) is 6.07. The lowest BCUT2D eigenvalue weighted by molar-refractivity contribution is 0.102. The molecule has 0 saturated carbocycles. The van der Waals surface area contributed by atoms with E-state index in [1.807, 2.05) is 0 Å². The molecule has 0 saturated heterocycles. The van der Waals surface area contributed by atoms with Crippen LogP contribution in [0.3, 0.4) is 0 Å². The van der Waals surface area contributed by atoms with Gasteiger partial charge in [-0.3, -0.25) is 14.3 Å². The highest BCUT2D eigenvalue weighted by Gasteiger charge is 2.18. The largest absolute Gasteiger partial charge is 0.495 e. The van der Waals surface area contributed by atoms with E-state index in [1.165, 1.54) is 31.4 Å². The van der Waals surface area contributed by atoms with Crippen LogP contribution in [0.15, 0.2) is 82.5 Å². The minimum atomic E-state index is -3.87. The standard InChI is InChI=1S/C22H18N4O5S/c1-31-19-9-5-4-8-18(19)26-32(29,30)15-12-10-14(11-13-15)23-22(28)20-16-6-2-3-7-17(16)21(27)25-24-20/h2-13,26H,1H3,(H,23,28)(H,25,27). The number of carbonyl (C=O) groups is 1. The predicted octanol–water partition coefficient (Wildman–Crippen LogP) is 2.98. The number of methoxy groups -OCH3 is 1. The van der Waals surface area contributed by atoms with E-state index in [0.29, 0.717) is 27.9 Å². The fraction of sp³-hybridized carbons (Fsp3) is 0.0455. The van der Waals surface area contributed by atoms with Gasteiger partial charge in [-0.1, -0.05) is 30.3 Å². The molecule has 0 radical (unpaired) electrons. The molecule has 3 N–H and O–H groups in total. The van der Waals surface area contributed by atoms with Crippen LogP contribution in [-0.4, -0.2) is 31.6 Å². The number of nitrogens with one attached hydrogen (secondary N) is 3. The summed E-state index contributed by atoms with van der Waals surface area (Å²) in [6.07, 6.45) is 0. The molecular formula is C22H18N4O5S. The Kier molecular flexibility index (Phi) is 5.61. The number of rotatable bonds is 6. The first-order chi connectivity index (χ1) is 15.4. The average molecular weight is 450 g/mol. The third kappa shape index (κ3) is 4.16. The number of fused-ring (bicyclic) bond motifs is 1. The molecule has 0 spiro atoms. The first kappa shape index (κ1) is 21.1. The maximum atomic E-state index is 12.7. The molecule has 9 nitrogen and oxygen atoms in total. The molecule has 3 aromatic carbocycles. The van der Waals surface area contributed by atoms with Crippen molar-refractivity contribution in [1.29, 1.82) is 0 Å². The predicted molar refractivity (Wildman–Crippen MR) is 121 cm³/mol. The van der Waals surface area contributed by atoms with Crippen molar-refractivity contribution in [3.63, 3.8) is 0 Å². The van der Waals surface area contributed by atoms with Gasteiger partial charge < -0.3 is 10.1 Å². The van der Waals surface area contributed by atoms with Crippen molar-refractivity contribution in [1.82, 2.24) is 10.2 Å². The molecular weight excluding hydrogens is 432 g/mol. The number of amides is 1. The van der Waals surface area contributed by atoms with Crippen LogP contribution in [0, 0.1) is 0 Å². The number of aromatic nitrogens is 2. The topological polar surface area (TPSA) is 130 Å². The zero-order chi connectivity index (χ0) is 22.7. The van der Waals surface area contributed by atoms with Crippen molar-refractivity contribution in [2.24, 2.45) is 0 Å². The molecule has 0 fully saturated rings. The third-order valence-electron chi connectivity index (χ3n) is 4.68. The molecule has 1 heterocycles. The minimum absolute atomic E-state index is 0.00835. The van der Waals surface area contributed by atoms with Crippen LogP contribution < -0.4 is 20.3 Å². The van der Waals surface area contributed by atoms with E-state index in [1.54, 1.807) is 48.5 Å². The molecule has 0 bridgehead atoms. The monoisotopic (exact) mass is 450 g/mol. The number of anilines is 2. The van der Waals surface area contributed by atoms with Crippen molar-refractivity contribution in [2.75, 3.05) is 17.1 Å². The number of ether oxygens (including phenoxy) is 1. The molecule has 0 aliphatic carbocycles. The van der Waals surface area contributed by atoms with Crippen LogP contribution in [-0.2, 0) is 10.0 Å². The zero-order valence-corrected chi connectivity index (χ0v) is 17.6. The molecule has 4 aromatic rings. The van der Waals surface area contributed by atoms with Crippen molar-refractivity contribution in [3.8, 4) is 5.75 Å². The van der Waals surface area contributed by atoms with Gasteiger partial charge in [0.2, 0.25) is 0 Å². The number of carbonyl (C=O) groups excluding carboxylic acids is 1. The summed E-state index contributed by atoms with van der Waals surface area (Å²) in [4.78, 5) is 24.6. The summed E-state index contributed by atoms with van der Waals surface area (Å²) in [7, 11) is -2.42. The summed E-state index contributed by atoms with van der Waals surface area (Å²) < 4.78 is 33.1. The van der Waals surface area contributed by atoms with E-state index in [9.17, 15) is 18.0 Å². The van der Waals surface area contributed by atoms with Crippen LogP contribution in [0.4, 0.5) is 11.4 Å². The van der Waals surface area contributed by atoms with E-state index < -0.39 is 21.5 Å². The number of H-pyrrole nitrogens is 1. The maximum Gasteiger partial charge on any atom is 0.276 e. The SMILES string of the molecule is COc1ccccc1NS(=O)(=O)c1ccc(NC(=O)c2n[nH]c(=O)c3ccccc23)cc1. The van der Waals surface area contributed by atoms with E-state index in [4.69, 9.17) is 4.74 Å². The minimum Gasteiger partial charge on any atom is -0.495 e. The lowest BCUT2D eigenvalue weighted by atomic mass is 10.1. The molecule has 0 aliphatic rings. The number of aromatic amines is 1. The molecule has 1 amide bonds. The Hall–Kier alpha value is -4.18. The first-order valence-corrected chi connectivity index (χ1v) is 10.9. The van der Waals surface area contributed by atoms with Gasteiger partial charge in [0, 0.05) is 11.1 Å². The van der Waals surface area contributed by atoms with Gasteiger partial charge in [-0.05, 0) is 42.5 Å². The zero-order valence-electron chi connectivity index (χ0n) is 16.8. The molecule has 0 atom stereocenters. The second-order valence-corrected chi connectivity index (χ2v) is 8.41. The van der Waals surface area contributed by atoms with Crippen molar-refractivity contribution in [2.45, 2.75) is 4.90 Å². The van der Waals surface area contributed by atoms with Gasteiger partial charge in [-0.25, -0.2) is 13.5 Å². The lowest BCUT2D eigenvalue weighted by Crippen LogP contribution is -2.19. The normalized spacial score (nSPS) is 11.2. The fourth-order valence-corrected chi connectivity index (χ4v) is 4.20. The highest BCUT2D eigenvalue weighted by Crippen LogP contribution is 2.26. The number of sulfonamides is 1. The van der Waals surface area contributed by atoms with Crippen LogP contribution in [0.25, 0.3) is 10.8 Å². The van der Waals surface area contributed by atoms with Gasteiger partial charge >= 0.3 is 0 Å². The molecule has 0 aliphatic heterocycles. The number of para-hydroxylation sites is 2. The molecule has 32 heavy (non-hydrogen) atoms. The van der Waals surface area contributed by atoms with Crippen molar-refractivity contribution >= 4 is 38.1 Å². The molecule has 10 heteroatoms. The Labute approximate surface area is 183 Å². The molecule has 4 rings (SSSR count). The molecule has 0 unspecified atom stereocenters. The van der Waals surface area contributed by atoms with Crippen molar-refractivity contribution < 1.29 is 17.9 Å². The van der Waals surface area contributed by atoms with E-state index in [2.05, 4.69) is 20.2 Å². The highest BCUT2D eigenvalue weighted by molar-refractivity contribution is 7.92. The summed E-state index contributed by atoms with van der Waals surface area (Å²) in [6.45, 7) is 0. The van der Waals surface area contributed by atoms with Gasteiger partial charge in [0.05, 0.1) is 23.1 Å². The highest BCUT2D eigenvalue weighted by atomic mass is 32.2. The number of hydrogen-bond acceptors (Lipinski definition) is 6. The quantitative estimate of drug-likeness (QED) is 0.414. The number of hydrogen-bond donors (Lipinski definition) is 3.